The molecule has 0 radical (unpaired) electrons. The summed E-state index contributed by atoms with van der Waals surface area (Å²) in [5.41, 5.74) is 3.46. The lowest BCUT2D eigenvalue weighted by Gasteiger charge is -2.22. The molecule has 0 aliphatic carbocycles. The SMILES string of the molecule is CN=C(NCc1ccccc1OC)N(C)Cc1cn(C)nc1C(C)C. The summed E-state index contributed by atoms with van der Waals surface area (Å²) in [6, 6.07) is 8.00. The van der Waals surface area contributed by atoms with Gasteiger partial charge in [-0.1, -0.05) is 32.0 Å². The number of benzene rings is 1. The first kappa shape index (κ1) is 18.8. The highest BCUT2D eigenvalue weighted by Crippen LogP contribution is 2.19. The van der Waals surface area contributed by atoms with Gasteiger partial charge in [0, 0.05) is 51.6 Å². The molecule has 0 saturated carbocycles. The second-order valence-electron chi connectivity index (χ2n) is 6.44. The van der Waals surface area contributed by atoms with Gasteiger partial charge in [0.25, 0.3) is 0 Å². The van der Waals surface area contributed by atoms with Crippen molar-refractivity contribution >= 4 is 5.96 Å². The third-order valence-corrected chi connectivity index (χ3v) is 4.09. The van der Waals surface area contributed by atoms with Crippen LogP contribution in [0, 0.1) is 0 Å². The van der Waals surface area contributed by atoms with Crippen LogP contribution in [0.4, 0.5) is 0 Å². The number of nitrogens with zero attached hydrogens (tertiary/aromatic N) is 4. The lowest BCUT2D eigenvalue weighted by atomic mass is 10.1. The number of para-hydroxylation sites is 1. The van der Waals surface area contributed by atoms with Gasteiger partial charge in [-0.3, -0.25) is 9.67 Å². The second-order valence-corrected chi connectivity index (χ2v) is 6.44. The van der Waals surface area contributed by atoms with Crippen LogP contribution in [0.3, 0.4) is 0 Å². The van der Waals surface area contributed by atoms with Gasteiger partial charge in [-0.25, -0.2) is 0 Å². The molecule has 0 saturated heterocycles. The van der Waals surface area contributed by atoms with Crippen molar-refractivity contribution in [2.45, 2.75) is 32.9 Å². The van der Waals surface area contributed by atoms with E-state index in [-0.39, 0.29) is 0 Å². The molecule has 1 aromatic heterocycles. The summed E-state index contributed by atoms with van der Waals surface area (Å²) in [5.74, 6) is 2.11. The van der Waals surface area contributed by atoms with Crippen LogP contribution in [0.2, 0.25) is 0 Å². The van der Waals surface area contributed by atoms with Crippen LogP contribution in [-0.2, 0) is 20.1 Å². The number of guanidine groups is 1. The highest BCUT2D eigenvalue weighted by molar-refractivity contribution is 5.79. The van der Waals surface area contributed by atoms with E-state index in [1.54, 1.807) is 14.2 Å². The molecule has 0 aliphatic heterocycles. The van der Waals surface area contributed by atoms with Crippen LogP contribution in [0.15, 0.2) is 35.5 Å². The monoisotopic (exact) mass is 343 g/mol. The highest BCUT2D eigenvalue weighted by atomic mass is 16.5. The molecule has 0 bridgehead atoms. The first-order valence-electron chi connectivity index (χ1n) is 8.52. The lowest BCUT2D eigenvalue weighted by molar-refractivity contribution is 0.408. The third kappa shape index (κ3) is 4.75. The Morgan fingerprint density at radius 1 is 1.32 bits per heavy atom. The smallest absolute Gasteiger partial charge is 0.193 e. The molecule has 0 atom stereocenters. The molecule has 0 spiro atoms. The molecule has 1 aromatic carbocycles. The van der Waals surface area contributed by atoms with E-state index < -0.39 is 0 Å². The fraction of sp³-hybridized carbons (Fsp3) is 0.474. The largest absolute Gasteiger partial charge is 0.496 e. The molecule has 0 fully saturated rings. The van der Waals surface area contributed by atoms with Crippen LogP contribution in [0.1, 0.15) is 36.6 Å². The number of aryl methyl sites for hydroxylation is 1. The van der Waals surface area contributed by atoms with E-state index in [2.05, 4.69) is 46.4 Å². The maximum atomic E-state index is 5.41. The molecule has 0 unspecified atom stereocenters. The minimum Gasteiger partial charge on any atom is -0.496 e. The molecule has 0 amide bonds. The van der Waals surface area contributed by atoms with Crippen LogP contribution < -0.4 is 10.1 Å². The predicted octanol–water partition coefficient (Wildman–Crippen LogP) is 2.76. The van der Waals surface area contributed by atoms with Crippen molar-refractivity contribution < 1.29 is 4.74 Å². The fourth-order valence-electron chi connectivity index (χ4n) is 2.90. The molecular formula is C19H29N5O. The molecular weight excluding hydrogens is 314 g/mol. The van der Waals surface area contributed by atoms with Crippen molar-refractivity contribution in [3.63, 3.8) is 0 Å². The highest BCUT2D eigenvalue weighted by Gasteiger charge is 2.15. The topological polar surface area (TPSA) is 54.7 Å². The summed E-state index contributed by atoms with van der Waals surface area (Å²) < 4.78 is 7.29. The van der Waals surface area contributed by atoms with E-state index in [4.69, 9.17) is 4.74 Å². The Balaban J connectivity index is 2.05. The van der Waals surface area contributed by atoms with Gasteiger partial charge in [0.15, 0.2) is 5.96 Å². The van der Waals surface area contributed by atoms with Gasteiger partial charge in [0.1, 0.15) is 5.75 Å². The van der Waals surface area contributed by atoms with Gasteiger partial charge in [-0.05, 0) is 12.0 Å². The first-order chi connectivity index (χ1) is 12.0. The van der Waals surface area contributed by atoms with E-state index in [0.717, 1.165) is 29.5 Å². The normalized spacial score (nSPS) is 11.7. The Morgan fingerprint density at radius 2 is 2.04 bits per heavy atom. The number of methoxy groups -OCH3 is 1. The zero-order valence-electron chi connectivity index (χ0n) is 16.1. The van der Waals surface area contributed by atoms with Gasteiger partial charge in [0.05, 0.1) is 12.8 Å². The van der Waals surface area contributed by atoms with Crippen molar-refractivity contribution in [3.05, 3.63) is 47.3 Å². The summed E-state index contributed by atoms with van der Waals surface area (Å²) in [6.45, 7) is 5.75. The van der Waals surface area contributed by atoms with E-state index >= 15 is 0 Å². The van der Waals surface area contributed by atoms with Crippen molar-refractivity contribution in [1.29, 1.82) is 0 Å². The second kappa shape index (κ2) is 8.55. The number of rotatable bonds is 6. The van der Waals surface area contributed by atoms with Crippen molar-refractivity contribution in [1.82, 2.24) is 20.0 Å². The van der Waals surface area contributed by atoms with Crippen molar-refractivity contribution in [2.24, 2.45) is 12.0 Å². The number of nitrogens with one attached hydrogen (secondary N) is 1. The van der Waals surface area contributed by atoms with Crippen molar-refractivity contribution in [3.8, 4) is 5.75 Å². The number of ether oxygens (including phenoxy) is 1. The Bertz CT molecular complexity index is 720. The Hall–Kier alpha value is -2.50. The average Bonchev–Trinajstić information content (AvgIpc) is 2.96. The summed E-state index contributed by atoms with van der Waals surface area (Å²) >= 11 is 0. The average molecular weight is 343 g/mol. The maximum Gasteiger partial charge on any atom is 0.193 e. The van der Waals surface area contributed by atoms with Crippen molar-refractivity contribution in [2.75, 3.05) is 21.2 Å². The van der Waals surface area contributed by atoms with Crippen LogP contribution in [-0.4, -0.2) is 41.8 Å². The molecule has 2 aromatic rings. The Morgan fingerprint density at radius 3 is 2.68 bits per heavy atom. The molecule has 1 heterocycles. The number of aliphatic imine (C=N–C) groups is 1. The predicted molar refractivity (Wildman–Crippen MR) is 102 cm³/mol. The van der Waals surface area contributed by atoms with Gasteiger partial charge in [0.2, 0.25) is 0 Å². The third-order valence-electron chi connectivity index (χ3n) is 4.09. The standard InChI is InChI=1S/C19H29N5O/c1-14(2)18-16(13-24(5)22-18)12-23(4)19(20-3)21-11-15-9-7-8-10-17(15)25-6/h7-10,13-14H,11-12H2,1-6H3,(H,20,21). The fourth-order valence-corrected chi connectivity index (χ4v) is 2.90. The molecule has 136 valence electrons. The van der Waals surface area contributed by atoms with Crippen LogP contribution >= 0.6 is 0 Å². The molecule has 0 aliphatic rings. The number of aromatic nitrogens is 2. The molecule has 1 N–H and O–H groups in total. The summed E-state index contributed by atoms with van der Waals surface area (Å²) in [7, 11) is 7.49. The molecule has 2 rings (SSSR count). The number of hydrogen-bond donors (Lipinski definition) is 1. The van der Waals surface area contributed by atoms with E-state index in [1.807, 2.05) is 37.0 Å². The van der Waals surface area contributed by atoms with Gasteiger partial charge in [-0.15, -0.1) is 0 Å². The quantitative estimate of drug-likeness (QED) is 0.647. The number of hydrogen-bond acceptors (Lipinski definition) is 3. The van der Waals surface area contributed by atoms with E-state index in [0.29, 0.717) is 12.5 Å². The summed E-state index contributed by atoms with van der Waals surface area (Å²) in [6.07, 6.45) is 2.08. The lowest BCUT2D eigenvalue weighted by Crippen LogP contribution is -2.38. The maximum absolute atomic E-state index is 5.41. The molecule has 6 heteroatoms. The van der Waals surface area contributed by atoms with Crippen LogP contribution in [0.25, 0.3) is 0 Å². The zero-order valence-corrected chi connectivity index (χ0v) is 16.1. The molecule has 25 heavy (non-hydrogen) atoms. The van der Waals surface area contributed by atoms with E-state index in [9.17, 15) is 0 Å². The first-order valence-corrected chi connectivity index (χ1v) is 8.52. The summed E-state index contributed by atoms with van der Waals surface area (Å²) in [4.78, 5) is 6.51. The Labute approximate surface area is 150 Å². The van der Waals surface area contributed by atoms with Crippen LogP contribution in [0.5, 0.6) is 5.75 Å². The molecule has 6 nitrogen and oxygen atoms in total. The minimum atomic E-state index is 0.396. The summed E-state index contributed by atoms with van der Waals surface area (Å²) in [5, 5.41) is 7.98. The van der Waals surface area contributed by atoms with Gasteiger partial charge >= 0.3 is 0 Å². The van der Waals surface area contributed by atoms with Gasteiger partial charge < -0.3 is 15.0 Å². The Kier molecular flexibility index (Phi) is 6.44. The minimum absolute atomic E-state index is 0.396. The van der Waals surface area contributed by atoms with Gasteiger partial charge in [-0.2, -0.15) is 5.10 Å². The van der Waals surface area contributed by atoms with E-state index in [1.165, 1.54) is 5.56 Å². The zero-order chi connectivity index (χ0) is 18.4.